The molecule has 3 rings (SSSR count). The molecule has 18 heavy (non-hydrogen) atoms. The highest BCUT2D eigenvalue weighted by Crippen LogP contribution is 2.30. The Hall–Kier alpha value is -0.550. The van der Waals surface area contributed by atoms with E-state index in [0.29, 0.717) is 6.04 Å². The molecular weight excluding hydrogens is 246 g/mol. The Balaban J connectivity index is 1.50. The molecule has 2 aliphatic rings. The number of aromatic nitrogens is 2. The summed E-state index contributed by atoms with van der Waals surface area (Å²) in [5.74, 6) is 2.56. The van der Waals surface area contributed by atoms with Gasteiger partial charge in [0.25, 0.3) is 0 Å². The first kappa shape index (κ1) is 12.5. The van der Waals surface area contributed by atoms with Gasteiger partial charge in [-0.2, -0.15) is 16.7 Å². The van der Waals surface area contributed by atoms with Crippen LogP contribution in [0.5, 0.6) is 0 Å². The van der Waals surface area contributed by atoms with E-state index in [0.717, 1.165) is 35.7 Å². The number of hydrogen-bond acceptors (Lipinski definition) is 5. The summed E-state index contributed by atoms with van der Waals surface area (Å²) in [4.78, 5) is 4.52. The van der Waals surface area contributed by atoms with Gasteiger partial charge >= 0.3 is 0 Å². The zero-order valence-corrected chi connectivity index (χ0v) is 11.5. The molecule has 0 aromatic carbocycles. The third-order valence-electron chi connectivity index (χ3n) is 3.84. The minimum atomic E-state index is 0.297. The zero-order chi connectivity index (χ0) is 12.2. The smallest absolute Gasteiger partial charge is 0.243 e. The lowest BCUT2D eigenvalue weighted by Gasteiger charge is -2.19. The Morgan fingerprint density at radius 3 is 2.83 bits per heavy atom. The average molecular weight is 267 g/mol. The van der Waals surface area contributed by atoms with Gasteiger partial charge in [0.1, 0.15) is 0 Å². The standard InChI is InChI=1S/C13H21N3OS/c1-2-5-10(6-3-1)18-9-12-15-13(17-16-12)11-7-4-8-14-11/h10-11,14H,1-9H2. The summed E-state index contributed by atoms with van der Waals surface area (Å²) in [6.07, 6.45) is 9.24. The van der Waals surface area contributed by atoms with Crippen LogP contribution in [0.2, 0.25) is 0 Å². The molecule has 0 amide bonds. The third kappa shape index (κ3) is 3.06. The maximum absolute atomic E-state index is 5.35. The van der Waals surface area contributed by atoms with E-state index in [2.05, 4.69) is 15.5 Å². The molecule has 0 radical (unpaired) electrons. The van der Waals surface area contributed by atoms with Crippen LogP contribution in [0.3, 0.4) is 0 Å². The van der Waals surface area contributed by atoms with E-state index in [4.69, 9.17) is 4.52 Å². The van der Waals surface area contributed by atoms with Crippen LogP contribution in [0.4, 0.5) is 0 Å². The number of thioether (sulfide) groups is 1. The van der Waals surface area contributed by atoms with Crippen molar-refractivity contribution in [2.75, 3.05) is 6.54 Å². The van der Waals surface area contributed by atoms with Crippen LogP contribution < -0.4 is 5.32 Å². The summed E-state index contributed by atoms with van der Waals surface area (Å²) in [6.45, 7) is 1.07. The molecule has 1 aromatic rings. The fraction of sp³-hybridized carbons (Fsp3) is 0.846. The molecule has 100 valence electrons. The second kappa shape index (κ2) is 6.06. The fourth-order valence-electron chi connectivity index (χ4n) is 2.79. The quantitative estimate of drug-likeness (QED) is 0.908. The Kier molecular flexibility index (Phi) is 4.20. The molecular formula is C13H21N3OS. The van der Waals surface area contributed by atoms with Crippen LogP contribution in [0, 0.1) is 0 Å². The highest BCUT2D eigenvalue weighted by atomic mass is 32.2. The maximum atomic E-state index is 5.35. The van der Waals surface area contributed by atoms with E-state index >= 15 is 0 Å². The third-order valence-corrected chi connectivity index (χ3v) is 5.21. The van der Waals surface area contributed by atoms with Crippen molar-refractivity contribution in [2.45, 2.75) is 62.0 Å². The highest BCUT2D eigenvalue weighted by Gasteiger charge is 2.22. The number of nitrogens with zero attached hydrogens (tertiary/aromatic N) is 2. The minimum Gasteiger partial charge on any atom is -0.338 e. The normalized spacial score (nSPS) is 25.7. The van der Waals surface area contributed by atoms with E-state index in [1.165, 1.54) is 38.5 Å². The van der Waals surface area contributed by atoms with Crippen molar-refractivity contribution in [3.05, 3.63) is 11.7 Å². The Bertz CT molecular complexity index is 370. The van der Waals surface area contributed by atoms with Crippen LogP contribution in [-0.2, 0) is 5.75 Å². The summed E-state index contributed by atoms with van der Waals surface area (Å²) in [5, 5.41) is 8.30. The number of rotatable bonds is 4. The van der Waals surface area contributed by atoms with Crippen LogP contribution in [0.1, 0.15) is 62.7 Å². The van der Waals surface area contributed by atoms with Crippen molar-refractivity contribution in [3.8, 4) is 0 Å². The van der Waals surface area contributed by atoms with Gasteiger partial charge in [0, 0.05) is 5.25 Å². The van der Waals surface area contributed by atoms with E-state index in [1.807, 2.05) is 11.8 Å². The van der Waals surface area contributed by atoms with Crippen molar-refractivity contribution in [3.63, 3.8) is 0 Å². The molecule has 1 N–H and O–H groups in total. The second-order valence-electron chi connectivity index (χ2n) is 5.27. The van der Waals surface area contributed by atoms with Gasteiger partial charge in [0.15, 0.2) is 5.82 Å². The summed E-state index contributed by atoms with van der Waals surface area (Å²) in [5.41, 5.74) is 0. The first-order valence-electron chi connectivity index (χ1n) is 7.09. The van der Waals surface area contributed by atoms with Gasteiger partial charge < -0.3 is 9.84 Å². The van der Waals surface area contributed by atoms with E-state index in [1.54, 1.807) is 0 Å². The lowest BCUT2D eigenvalue weighted by molar-refractivity contribution is 0.342. The molecule has 1 saturated heterocycles. The van der Waals surface area contributed by atoms with Crippen LogP contribution >= 0.6 is 11.8 Å². The van der Waals surface area contributed by atoms with Crippen molar-refractivity contribution >= 4 is 11.8 Å². The maximum Gasteiger partial charge on any atom is 0.243 e. The van der Waals surface area contributed by atoms with Gasteiger partial charge in [0.05, 0.1) is 11.8 Å². The molecule has 2 fully saturated rings. The molecule has 1 aliphatic carbocycles. The molecule has 1 atom stereocenters. The lowest BCUT2D eigenvalue weighted by Crippen LogP contribution is -2.13. The van der Waals surface area contributed by atoms with Gasteiger partial charge in [-0.25, -0.2) is 0 Å². The number of nitrogens with one attached hydrogen (secondary N) is 1. The average Bonchev–Trinajstić information content (AvgIpc) is 3.08. The SMILES string of the molecule is C1CCC(SCc2noc(C3CCCN3)n2)CC1. The summed E-state index contributed by atoms with van der Waals surface area (Å²) in [6, 6.07) is 0.297. The lowest BCUT2D eigenvalue weighted by atomic mass is 10.0. The number of hydrogen-bond donors (Lipinski definition) is 1. The second-order valence-corrected chi connectivity index (χ2v) is 6.56. The van der Waals surface area contributed by atoms with Crippen LogP contribution in [0.25, 0.3) is 0 Å². The van der Waals surface area contributed by atoms with Gasteiger partial charge in [-0.05, 0) is 32.2 Å². The van der Waals surface area contributed by atoms with E-state index in [-0.39, 0.29) is 0 Å². The predicted molar refractivity (Wildman–Crippen MR) is 72.4 cm³/mol. The van der Waals surface area contributed by atoms with E-state index in [9.17, 15) is 0 Å². The first-order valence-corrected chi connectivity index (χ1v) is 8.14. The van der Waals surface area contributed by atoms with E-state index < -0.39 is 0 Å². The molecule has 1 saturated carbocycles. The summed E-state index contributed by atoms with van der Waals surface area (Å²) >= 11 is 2.00. The molecule has 2 heterocycles. The van der Waals surface area contributed by atoms with Crippen molar-refractivity contribution in [1.29, 1.82) is 0 Å². The minimum absolute atomic E-state index is 0.297. The van der Waals surface area contributed by atoms with Crippen molar-refractivity contribution in [2.24, 2.45) is 0 Å². The predicted octanol–water partition coefficient (Wildman–Crippen LogP) is 3.06. The fourth-order valence-corrected chi connectivity index (χ4v) is 3.96. The first-order chi connectivity index (χ1) is 8.92. The van der Waals surface area contributed by atoms with Gasteiger partial charge in [-0.15, -0.1) is 0 Å². The molecule has 1 aliphatic heterocycles. The summed E-state index contributed by atoms with van der Waals surface area (Å²) in [7, 11) is 0. The molecule has 0 spiro atoms. The van der Waals surface area contributed by atoms with Crippen LogP contribution in [0.15, 0.2) is 4.52 Å². The molecule has 4 nitrogen and oxygen atoms in total. The Morgan fingerprint density at radius 2 is 2.06 bits per heavy atom. The molecule has 1 aromatic heterocycles. The van der Waals surface area contributed by atoms with Gasteiger partial charge in [0.2, 0.25) is 5.89 Å². The topological polar surface area (TPSA) is 51.0 Å². The Morgan fingerprint density at radius 1 is 1.17 bits per heavy atom. The monoisotopic (exact) mass is 267 g/mol. The molecule has 0 bridgehead atoms. The Labute approximate surface area is 112 Å². The largest absolute Gasteiger partial charge is 0.338 e. The summed E-state index contributed by atoms with van der Waals surface area (Å²) < 4.78 is 5.35. The van der Waals surface area contributed by atoms with Crippen molar-refractivity contribution < 1.29 is 4.52 Å². The molecule has 1 unspecified atom stereocenters. The highest BCUT2D eigenvalue weighted by molar-refractivity contribution is 7.99. The van der Waals surface area contributed by atoms with Gasteiger partial charge in [-0.1, -0.05) is 24.4 Å². The van der Waals surface area contributed by atoms with Crippen LogP contribution in [-0.4, -0.2) is 21.9 Å². The molecule has 5 heteroatoms. The van der Waals surface area contributed by atoms with Crippen molar-refractivity contribution in [1.82, 2.24) is 15.5 Å². The van der Waals surface area contributed by atoms with Gasteiger partial charge in [-0.3, -0.25) is 0 Å². The zero-order valence-electron chi connectivity index (χ0n) is 10.7.